The summed E-state index contributed by atoms with van der Waals surface area (Å²) in [7, 11) is 0. The highest BCUT2D eigenvalue weighted by atomic mass is 16.4. The first-order valence-electron chi connectivity index (χ1n) is 15.3. The molecule has 4 aliphatic carbocycles. The average molecular weight is 613 g/mol. The number of carboxylic acid groups (broad SMARTS) is 2. The Labute approximate surface area is 263 Å². The molecule has 9 rings (SSSR count). The summed E-state index contributed by atoms with van der Waals surface area (Å²) in [6, 6.07) is 27.6. The van der Waals surface area contributed by atoms with Crippen LogP contribution in [0.15, 0.2) is 97.1 Å². The van der Waals surface area contributed by atoms with Gasteiger partial charge in [0.2, 0.25) is 17.7 Å². The Hall–Kier alpha value is -5.57. The highest BCUT2D eigenvalue weighted by Gasteiger charge is 2.72. The van der Waals surface area contributed by atoms with Gasteiger partial charge in [-0.25, -0.2) is 9.59 Å². The number of hydrogen-bond donors (Lipinski definition) is 3. The van der Waals surface area contributed by atoms with E-state index in [-0.39, 0.29) is 58.7 Å². The van der Waals surface area contributed by atoms with Crippen molar-refractivity contribution in [2.75, 3.05) is 5.32 Å². The van der Waals surface area contributed by atoms with Crippen molar-refractivity contribution in [2.45, 2.75) is 24.3 Å². The predicted molar refractivity (Wildman–Crippen MR) is 165 cm³/mol. The maximum absolute atomic E-state index is 14.4. The van der Waals surface area contributed by atoms with Crippen molar-refractivity contribution in [3.8, 4) is 0 Å². The summed E-state index contributed by atoms with van der Waals surface area (Å²) >= 11 is 0. The number of rotatable bonds is 7. The van der Waals surface area contributed by atoms with Gasteiger partial charge in [0.05, 0.1) is 23.0 Å². The summed E-state index contributed by atoms with van der Waals surface area (Å²) in [5.74, 6) is -5.52. The first kappa shape index (κ1) is 27.9. The zero-order chi connectivity index (χ0) is 31.9. The number of imide groups is 1. The maximum atomic E-state index is 14.4. The Bertz CT molecular complexity index is 1830. The van der Waals surface area contributed by atoms with Gasteiger partial charge < -0.3 is 15.5 Å². The lowest BCUT2D eigenvalue weighted by atomic mass is 9.40. The quantitative estimate of drug-likeness (QED) is 0.255. The van der Waals surface area contributed by atoms with Crippen LogP contribution in [0.3, 0.4) is 0 Å². The summed E-state index contributed by atoms with van der Waals surface area (Å²) in [6.07, 6.45) is 0.0383. The normalized spacial score (nSPS) is 25.4. The molecule has 3 N–H and O–H groups in total. The second kappa shape index (κ2) is 10.2. The summed E-state index contributed by atoms with van der Waals surface area (Å²) in [5, 5.41) is 21.7. The van der Waals surface area contributed by atoms with Gasteiger partial charge in [-0.15, -0.1) is 0 Å². The number of fused-ring (bicyclic) bond motifs is 1. The number of anilines is 1. The van der Waals surface area contributed by atoms with E-state index in [1.807, 2.05) is 30.3 Å². The minimum atomic E-state index is -1.36. The fraction of sp³-hybridized carbons (Fsp3) is 0.216. The average Bonchev–Trinajstić information content (AvgIpc) is 3.26. The van der Waals surface area contributed by atoms with E-state index < -0.39 is 35.7 Å². The molecule has 0 aromatic heterocycles. The number of hydrogen-bond acceptors (Lipinski definition) is 5. The molecule has 9 nitrogen and oxygen atoms in total. The fourth-order valence-corrected chi connectivity index (χ4v) is 8.67. The van der Waals surface area contributed by atoms with E-state index in [1.165, 1.54) is 22.3 Å². The minimum absolute atomic E-state index is 0.0325. The molecular formula is C37H28N2O7. The summed E-state index contributed by atoms with van der Waals surface area (Å²) in [6.45, 7) is 0. The maximum Gasteiger partial charge on any atom is 0.335 e. The van der Waals surface area contributed by atoms with Crippen molar-refractivity contribution in [1.29, 1.82) is 0 Å². The van der Waals surface area contributed by atoms with E-state index in [0.29, 0.717) is 0 Å². The Morgan fingerprint density at radius 2 is 1.09 bits per heavy atom. The second-order valence-electron chi connectivity index (χ2n) is 12.6. The molecule has 4 aromatic rings. The number of carbonyl (C=O) groups excluding carboxylic acids is 3. The van der Waals surface area contributed by atoms with Gasteiger partial charge in [0, 0.05) is 23.9 Å². The molecule has 1 saturated carbocycles. The van der Waals surface area contributed by atoms with E-state index in [1.54, 1.807) is 24.3 Å². The standard InChI is InChI=1S/C37H28N2O7/c40-33(38-21-16-19(36(43)44)15-20(17-21)37(45)46)26(14-18-8-2-1-3-9-18)39-34(41)31-29-27-22-10-4-5-11-23(22)28(30(29)32(31)35(39)42)25-13-7-6-12-24(25)27/h1-13,15-17,26-32H,14H2,(H,38,40)(H,43,44)(H,45,46). The van der Waals surface area contributed by atoms with Crippen molar-refractivity contribution < 1.29 is 34.2 Å². The van der Waals surface area contributed by atoms with Gasteiger partial charge >= 0.3 is 11.9 Å². The van der Waals surface area contributed by atoms with E-state index in [0.717, 1.165) is 28.7 Å². The molecular weight excluding hydrogens is 584 g/mol. The van der Waals surface area contributed by atoms with Crippen LogP contribution in [0.5, 0.6) is 0 Å². The van der Waals surface area contributed by atoms with Crippen molar-refractivity contribution in [2.24, 2.45) is 23.7 Å². The molecule has 0 radical (unpaired) electrons. The van der Waals surface area contributed by atoms with Crippen LogP contribution in [0.4, 0.5) is 5.69 Å². The predicted octanol–water partition coefficient (Wildman–Crippen LogP) is 4.77. The molecule has 5 aliphatic rings. The molecule has 1 aliphatic heterocycles. The van der Waals surface area contributed by atoms with E-state index >= 15 is 0 Å². The number of aromatic carboxylic acids is 2. The van der Waals surface area contributed by atoms with Gasteiger partial charge in [-0.3, -0.25) is 19.3 Å². The third kappa shape index (κ3) is 3.97. The van der Waals surface area contributed by atoms with Crippen LogP contribution >= 0.6 is 0 Å². The Balaban J connectivity index is 1.17. The molecule has 2 bridgehead atoms. The molecule has 1 saturated heterocycles. The fourth-order valence-electron chi connectivity index (χ4n) is 8.67. The van der Waals surface area contributed by atoms with Gasteiger partial charge in [0.25, 0.3) is 0 Å². The number of carboxylic acids is 2. The van der Waals surface area contributed by atoms with Crippen LogP contribution in [0, 0.1) is 23.7 Å². The van der Waals surface area contributed by atoms with Gasteiger partial charge in [0.1, 0.15) is 6.04 Å². The largest absolute Gasteiger partial charge is 0.478 e. The monoisotopic (exact) mass is 612 g/mol. The van der Waals surface area contributed by atoms with Crippen LogP contribution in [-0.4, -0.2) is 50.8 Å². The lowest BCUT2D eigenvalue weighted by Gasteiger charge is -2.60. The van der Waals surface area contributed by atoms with Gasteiger partial charge in [-0.2, -0.15) is 0 Å². The molecule has 228 valence electrons. The molecule has 3 amide bonds. The van der Waals surface area contributed by atoms with Crippen molar-refractivity contribution >= 4 is 35.3 Å². The zero-order valence-electron chi connectivity index (χ0n) is 24.4. The number of nitrogens with one attached hydrogen (secondary N) is 1. The molecule has 0 spiro atoms. The van der Waals surface area contributed by atoms with Crippen molar-refractivity contribution in [1.82, 2.24) is 4.90 Å². The smallest absolute Gasteiger partial charge is 0.335 e. The molecule has 5 atom stereocenters. The van der Waals surface area contributed by atoms with E-state index in [4.69, 9.17) is 0 Å². The lowest BCUT2D eigenvalue weighted by molar-refractivity contribution is -0.146. The van der Waals surface area contributed by atoms with E-state index in [2.05, 4.69) is 29.6 Å². The zero-order valence-corrected chi connectivity index (χ0v) is 24.4. The minimum Gasteiger partial charge on any atom is -0.478 e. The molecule has 5 unspecified atom stereocenters. The number of amides is 3. The highest BCUT2D eigenvalue weighted by molar-refractivity contribution is 6.12. The number of carbonyl (C=O) groups is 5. The van der Waals surface area contributed by atoms with Gasteiger partial charge in [0.15, 0.2) is 0 Å². The third-order valence-corrected chi connectivity index (χ3v) is 10.4. The van der Waals surface area contributed by atoms with Crippen LogP contribution in [0.25, 0.3) is 0 Å². The highest BCUT2D eigenvalue weighted by Crippen LogP contribution is 2.71. The first-order valence-corrected chi connectivity index (χ1v) is 15.3. The van der Waals surface area contributed by atoms with Crippen LogP contribution in [0.2, 0.25) is 0 Å². The van der Waals surface area contributed by atoms with E-state index in [9.17, 15) is 34.2 Å². The number of benzene rings is 4. The summed E-state index contributed by atoms with van der Waals surface area (Å²) in [4.78, 5) is 67.3. The Morgan fingerprint density at radius 1 is 0.652 bits per heavy atom. The second-order valence-corrected chi connectivity index (χ2v) is 12.6. The molecule has 9 heteroatoms. The first-order chi connectivity index (χ1) is 22.2. The van der Waals surface area contributed by atoms with Gasteiger partial charge in [-0.1, -0.05) is 78.9 Å². The lowest BCUT2D eigenvalue weighted by Crippen LogP contribution is -2.58. The van der Waals surface area contributed by atoms with Crippen molar-refractivity contribution in [3.05, 3.63) is 136 Å². The summed E-state index contributed by atoms with van der Waals surface area (Å²) < 4.78 is 0. The SMILES string of the molecule is O=C(O)c1cc(NC(=O)C(Cc2ccccc2)N2C(=O)C3C(C2=O)C2C4c5ccccc5C(c5ccccc54)C32)cc(C(=O)O)c1. The number of likely N-dealkylation sites (tertiary alicyclic amines) is 1. The van der Waals surface area contributed by atoms with Crippen LogP contribution in [-0.2, 0) is 20.8 Å². The molecule has 4 aromatic carbocycles. The van der Waals surface area contributed by atoms with Crippen LogP contribution < -0.4 is 5.32 Å². The molecule has 46 heavy (non-hydrogen) atoms. The topological polar surface area (TPSA) is 141 Å². The van der Waals surface area contributed by atoms with Gasteiger partial charge in [-0.05, 0) is 57.9 Å². The summed E-state index contributed by atoms with van der Waals surface area (Å²) in [5.41, 5.74) is 4.79. The van der Waals surface area contributed by atoms with Crippen LogP contribution in [0.1, 0.15) is 60.4 Å². The Morgan fingerprint density at radius 3 is 1.52 bits per heavy atom. The third-order valence-electron chi connectivity index (χ3n) is 10.4. The Kier molecular flexibility index (Phi) is 6.22. The molecule has 2 fully saturated rings. The molecule has 1 heterocycles. The number of nitrogens with zero attached hydrogens (tertiary/aromatic N) is 1. The van der Waals surface area contributed by atoms with Crippen molar-refractivity contribution in [3.63, 3.8) is 0 Å².